The standard InChI is InChI=1S/C19H21F3N4O/c1-25-10-8-12(9-11-25)26(2)16-5-3-4-15(23-16)24-19(27)13-6-7-14(20)18(22)17(13)21/h3-7,12H,8-11H2,1-2H3,(H,23,24,27). The van der Waals surface area contributed by atoms with Gasteiger partial charge in [-0.25, -0.2) is 18.2 Å². The van der Waals surface area contributed by atoms with Crippen LogP contribution in [0.15, 0.2) is 30.3 Å². The average Bonchev–Trinajstić information content (AvgIpc) is 2.66. The zero-order valence-electron chi connectivity index (χ0n) is 15.2. The third-order valence-corrected chi connectivity index (χ3v) is 4.85. The van der Waals surface area contributed by atoms with Gasteiger partial charge in [0, 0.05) is 13.1 Å². The van der Waals surface area contributed by atoms with Gasteiger partial charge in [0.15, 0.2) is 17.5 Å². The second kappa shape index (κ2) is 7.96. The molecule has 1 aliphatic heterocycles. The van der Waals surface area contributed by atoms with E-state index in [4.69, 9.17) is 0 Å². The quantitative estimate of drug-likeness (QED) is 0.830. The van der Waals surface area contributed by atoms with E-state index >= 15 is 0 Å². The van der Waals surface area contributed by atoms with Gasteiger partial charge in [-0.15, -0.1) is 0 Å². The topological polar surface area (TPSA) is 48.5 Å². The molecule has 1 saturated heterocycles. The smallest absolute Gasteiger partial charge is 0.259 e. The number of amides is 1. The first-order chi connectivity index (χ1) is 12.9. The number of hydrogen-bond donors (Lipinski definition) is 1. The zero-order chi connectivity index (χ0) is 19.6. The Morgan fingerprint density at radius 1 is 1.15 bits per heavy atom. The molecule has 2 aromatic rings. The van der Waals surface area contributed by atoms with Gasteiger partial charge in [0.2, 0.25) is 0 Å². The first kappa shape index (κ1) is 19.2. The highest BCUT2D eigenvalue weighted by Crippen LogP contribution is 2.22. The summed E-state index contributed by atoms with van der Waals surface area (Å²) in [5.74, 6) is -4.55. The number of carbonyl (C=O) groups is 1. The second-order valence-corrected chi connectivity index (χ2v) is 6.70. The van der Waals surface area contributed by atoms with Crippen LogP contribution in [0.4, 0.5) is 24.8 Å². The number of piperidine rings is 1. The summed E-state index contributed by atoms with van der Waals surface area (Å²) in [7, 11) is 4.03. The Kier molecular flexibility index (Phi) is 5.65. The van der Waals surface area contributed by atoms with Gasteiger partial charge in [0.1, 0.15) is 11.6 Å². The molecule has 0 aliphatic carbocycles. The number of carbonyl (C=O) groups excluding carboxylic acids is 1. The van der Waals surface area contributed by atoms with Crippen LogP contribution in [-0.4, -0.2) is 49.0 Å². The van der Waals surface area contributed by atoms with Crippen molar-refractivity contribution in [3.8, 4) is 0 Å². The minimum atomic E-state index is -1.67. The Labute approximate surface area is 155 Å². The minimum absolute atomic E-state index is 0.210. The van der Waals surface area contributed by atoms with Crippen molar-refractivity contribution in [3.63, 3.8) is 0 Å². The molecule has 1 N–H and O–H groups in total. The summed E-state index contributed by atoms with van der Waals surface area (Å²) in [6.45, 7) is 2.00. The highest BCUT2D eigenvalue weighted by atomic mass is 19.2. The van der Waals surface area contributed by atoms with E-state index in [9.17, 15) is 18.0 Å². The fourth-order valence-corrected chi connectivity index (χ4v) is 3.14. The van der Waals surface area contributed by atoms with E-state index in [2.05, 4.69) is 27.1 Å². The molecule has 0 unspecified atom stereocenters. The predicted molar refractivity (Wildman–Crippen MR) is 97.4 cm³/mol. The van der Waals surface area contributed by atoms with E-state index in [1.54, 1.807) is 12.1 Å². The SMILES string of the molecule is CN1CCC(N(C)c2cccc(NC(=O)c3ccc(F)c(F)c3F)n2)CC1. The van der Waals surface area contributed by atoms with E-state index in [0.29, 0.717) is 17.9 Å². The lowest BCUT2D eigenvalue weighted by atomic mass is 10.0. The van der Waals surface area contributed by atoms with Crippen LogP contribution in [0.1, 0.15) is 23.2 Å². The Bertz CT molecular complexity index is 838. The lowest BCUT2D eigenvalue weighted by molar-refractivity contribution is 0.102. The normalized spacial score (nSPS) is 15.6. The van der Waals surface area contributed by atoms with Gasteiger partial charge in [-0.05, 0) is 57.2 Å². The molecule has 0 atom stereocenters. The molecule has 0 saturated carbocycles. The molecule has 2 heterocycles. The van der Waals surface area contributed by atoms with Crippen molar-refractivity contribution >= 4 is 17.5 Å². The largest absolute Gasteiger partial charge is 0.357 e. The summed E-state index contributed by atoms with van der Waals surface area (Å²) in [5, 5.41) is 2.44. The van der Waals surface area contributed by atoms with Crippen molar-refractivity contribution in [2.75, 3.05) is 37.4 Å². The molecule has 0 bridgehead atoms. The van der Waals surface area contributed by atoms with E-state index in [-0.39, 0.29) is 5.82 Å². The summed E-state index contributed by atoms with van der Waals surface area (Å²) in [6.07, 6.45) is 2.01. The van der Waals surface area contributed by atoms with Crippen LogP contribution in [0.2, 0.25) is 0 Å². The summed E-state index contributed by atoms with van der Waals surface area (Å²) >= 11 is 0. The number of nitrogens with zero attached hydrogens (tertiary/aromatic N) is 3. The van der Waals surface area contributed by atoms with E-state index in [0.717, 1.165) is 32.0 Å². The molecule has 27 heavy (non-hydrogen) atoms. The summed E-state index contributed by atoms with van der Waals surface area (Å²) in [4.78, 5) is 20.9. The van der Waals surface area contributed by atoms with Crippen LogP contribution in [0.3, 0.4) is 0 Å². The molecule has 5 nitrogen and oxygen atoms in total. The molecule has 1 aliphatic rings. The maximum Gasteiger partial charge on any atom is 0.259 e. The molecule has 1 fully saturated rings. The highest BCUT2D eigenvalue weighted by Gasteiger charge is 2.22. The summed E-state index contributed by atoms with van der Waals surface area (Å²) in [6, 6.07) is 7.06. The van der Waals surface area contributed by atoms with Crippen LogP contribution < -0.4 is 10.2 Å². The van der Waals surface area contributed by atoms with Gasteiger partial charge in [0.05, 0.1) is 5.56 Å². The van der Waals surface area contributed by atoms with Crippen LogP contribution >= 0.6 is 0 Å². The third-order valence-electron chi connectivity index (χ3n) is 4.85. The minimum Gasteiger partial charge on any atom is -0.357 e. The maximum absolute atomic E-state index is 13.8. The number of likely N-dealkylation sites (tertiary alicyclic amines) is 1. The number of hydrogen-bond acceptors (Lipinski definition) is 4. The molecule has 8 heteroatoms. The van der Waals surface area contributed by atoms with Crippen molar-refractivity contribution in [2.45, 2.75) is 18.9 Å². The average molecular weight is 378 g/mol. The summed E-state index contributed by atoms with van der Waals surface area (Å²) < 4.78 is 40.2. The van der Waals surface area contributed by atoms with Crippen molar-refractivity contribution in [2.24, 2.45) is 0 Å². The zero-order valence-corrected chi connectivity index (χ0v) is 15.2. The molecule has 1 aromatic heterocycles. The number of benzene rings is 1. The van der Waals surface area contributed by atoms with Gasteiger partial charge in [0.25, 0.3) is 5.91 Å². The van der Waals surface area contributed by atoms with Gasteiger partial charge in [-0.1, -0.05) is 6.07 Å². The molecule has 144 valence electrons. The first-order valence-corrected chi connectivity index (χ1v) is 8.70. The van der Waals surface area contributed by atoms with Crippen molar-refractivity contribution in [1.29, 1.82) is 0 Å². The number of halogens is 3. The van der Waals surface area contributed by atoms with Crippen LogP contribution in [-0.2, 0) is 0 Å². The van der Waals surface area contributed by atoms with Gasteiger partial charge >= 0.3 is 0 Å². The molecule has 0 radical (unpaired) electrons. The van der Waals surface area contributed by atoms with Gasteiger partial charge in [-0.3, -0.25) is 4.79 Å². The Morgan fingerprint density at radius 2 is 1.85 bits per heavy atom. The number of pyridine rings is 1. The number of nitrogens with one attached hydrogen (secondary N) is 1. The number of aromatic nitrogens is 1. The maximum atomic E-state index is 13.8. The molecular formula is C19H21F3N4O. The first-order valence-electron chi connectivity index (χ1n) is 8.70. The fourth-order valence-electron chi connectivity index (χ4n) is 3.14. The van der Waals surface area contributed by atoms with E-state index in [1.807, 2.05) is 13.1 Å². The number of rotatable bonds is 4. The molecule has 1 amide bonds. The van der Waals surface area contributed by atoms with Crippen LogP contribution in [0, 0.1) is 17.5 Å². The predicted octanol–water partition coefficient (Wildman–Crippen LogP) is 3.28. The molecule has 3 rings (SSSR count). The van der Waals surface area contributed by atoms with Crippen molar-refractivity contribution in [1.82, 2.24) is 9.88 Å². The van der Waals surface area contributed by atoms with E-state index in [1.165, 1.54) is 0 Å². The third kappa shape index (κ3) is 4.21. The summed E-state index contributed by atoms with van der Waals surface area (Å²) in [5.41, 5.74) is -0.579. The van der Waals surface area contributed by atoms with Crippen LogP contribution in [0.25, 0.3) is 0 Å². The van der Waals surface area contributed by atoms with Gasteiger partial charge < -0.3 is 15.1 Å². The molecule has 1 aromatic carbocycles. The second-order valence-electron chi connectivity index (χ2n) is 6.70. The highest BCUT2D eigenvalue weighted by molar-refractivity contribution is 6.04. The van der Waals surface area contributed by atoms with E-state index < -0.39 is 28.9 Å². The molecule has 0 spiro atoms. The lowest BCUT2D eigenvalue weighted by Crippen LogP contribution is -2.42. The Balaban J connectivity index is 1.74. The Hall–Kier alpha value is -2.61. The van der Waals surface area contributed by atoms with Crippen molar-refractivity contribution < 1.29 is 18.0 Å². The monoisotopic (exact) mass is 378 g/mol. The Morgan fingerprint density at radius 3 is 2.56 bits per heavy atom. The van der Waals surface area contributed by atoms with Crippen molar-refractivity contribution in [3.05, 3.63) is 53.3 Å². The fraction of sp³-hybridized carbons (Fsp3) is 0.368. The van der Waals surface area contributed by atoms with Crippen LogP contribution in [0.5, 0.6) is 0 Å². The van der Waals surface area contributed by atoms with Gasteiger partial charge in [-0.2, -0.15) is 0 Å². The molecular weight excluding hydrogens is 357 g/mol. The number of anilines is 2. The lowest BCUT2D eigenvalue weighted by Gasteiger charge is -2.35.